The molecule has 0 aliphatic heterocycles. The van der Waals surface area contributed by atoms with Crippen molar-refractivity contribution in [1.29, 1.82) is 0 Å². The summed E-state index contributed by atoms with van der Waals surface area (Å²) in [6.07, 6.45) is 0.0687. The van der Waals surface area contributed by atoms with E-state index < -0.39 is 12.0 Å². The van der Waals surface area contributed by atoms with Crippen molar-refractivity contribution in [3.05, 3.63) is 56.5 Å². The molecule has 1 atom stereocenters. The van der Waals surface area contributed by atoms with Crippen molar-refractivity contribution in [1.82, 2.24) is 5.43 Å². The van der Waals surface area contributed by atoms with Gasteiger partial charge in [-0.3, -0.25) is 4.79 Å². The Bertz CT molecular complexity index is 782. The first-order chi connectivity index (χ1) is 12.0. The Morgan fingerprint density at radius 2 is 2.00 bits per heavy atom. The first kappa shape index (κ1) is 19.4. The number of phenols is 1. The van der Waals surface area contributed by atoms with Gasteiger partial charge in [0.2, 0.25) is 0 Å². The molecule has 6 nitrogen and oxygen atoms in total. The largest absolute Gasteiger partial charge is 0.503 e. The Balaban J connectivity index is 2.13. The summed E-state index contributed by atoms with van der Waals surface area (Å²) < 4.78 is 6.31. The van der Waals surface area contributed by atoms with E-state index in [1.807, 2.05) is 0 Å². The normalized spacial score (nSPS) is 12.2. The Morgan fingerprint density at radius 1 is 1.32 bits per heavy atom. The van der Waals surface area contributed by atoms with Gasteiger partial charge in [0.05, 0.1) is 17.3 Å². The maximum atomic E-state index is 11.9. The van der Waals surface area contributed by atoms with Crippen LogP contribution in [-0.4, -0.2) is 28.9 Å². The van der Waals surface area contributed by atoms with Gasteiger partial charge in [-0.2, -0.15) is 5.10 Å². The zero-order valence-corrected chi connectivity index (χ0v) is 16.4. The molecule has 2 aromatic carbocycles. The maximum absolute atomic E-state index is 11.9. The van der Waals surface area contributed by atoms with E-state index in [-0.39, 0.29) is 11.5 Å². The van der Waals surface area contributed by atoms with E-state index in [1.165, 1.54) is 6.21 Å². The van der Waals surface area contributed by atoms with Crippen molar-refractivity contribution in [3.63, 3.8) is 0 Å². The highest BCUT2D eigenvalue weighted by atomic mass is 79.9. The molecule has 1 amide bonds. The summed E-state index contributed by atoms with van der Waals surface area (Å²) in [5.41, 5.74) is 3.33. The number of hydrogen-bond donors (Lipinski definition) is 3. The van der Waals surface area contributed by atoms with Crippen molar-refractivity contribution in [2.24, 2.45) is 5.10 Å². The van der Waals surface area contributed by atoms with Crippen LogP contribution in [0.3, 0.4) is 0 Å². The van der Waals surface area contributed by atoms with Crippen LogP contribution in [0.5, 0.6) is 11.5 Å². The minimum atomic E-state index is -1.31. The topological polar surface area (TPSA) is 91.2 Å². The first-order valence-corrected chi connectivity index (χ1v) is 8.94. The predicted molar refractivity (Wildman–Crippen MR) is 102 cm³/mol. The molecule has 0 saturated heterocycles. The minimum Gasteiger partial charge on any atom is -0.503 e. The number of aromatic hydroxyl groups is 1. The fourth-order valence-electron chi connectivity index (χ4n) is 1.98. The lowest BCUT2D eigenvalue weighted by Gasteiger charge is -2.11. The number of hydrazone groups is 1. The molecule has 0 radical (unpaired) electrons. The third kappa shape index (κ3) is 4.81. The Hall–Kier alpha value is -1.90. The summed E-state index contributed by atoms with van der Waals surface area (Å²) in [6.45, 7) is 2.19. The molecule has 2 rings (SSSR count). The van der Waals surface area contributed by atoms with Crippen LogP contribution in [0.25, 0.3) is 0 Å². The molecule has 3 N–H and O–H groups in total. The Morgan fingerprint density at radius 3 is 2.64 bits per heavy atom. The molecule has 25 heavy (non-hydrogen) atoms. The Labute approximate surface area is 161 Å². The number of amides is 1. The second kappa shape index (κ2) is 8.98. The monoisotopic (exact) mass is 470 g/mol. The number of ether oxygens (including phenoxy) is 1. The molecular weight excluding hydrogens is 456 g/mol. The number of aliphatic hydroxyl groups excluding tert-OH is 1. The van der Waals surface area contributed by atoms with Crippen LogP contribution in [-0.2, 0) is 4.79 Å². The molecule has 0 aliphatic carbocycles. The third-order valence-electron chi connectivity index (χ3n) is 3.22. The maximum Gasteiger partial charge on any atom is 0.273 e. The number of nitrogens with zero attached hydrogens (tertiary/aromatic N) is 1. The van der Waals surface area contributed by atoms with Gasteiger partial charge >= 0.3 is 0 Å². The van der Waals surface area contributed by atoms with Crippen LogP contribution in [0.2, 0.25) is 0 Å². The number of rotatable bonds is 6. The quantitative estimate of drug-likeness (QED) is 0.444. The molecule has 1 unspecified atom stereocenters. The number of carbonyl (C=O) groups excluding carboxylic acids is 1. The van der Waals surface area contributed by atoms with E-state index in [0.29, 0.717) is 26.7 Å². The molecule has 2 aromatic rings. The fraction of sp³-hybridized carbons (Fsp3) is 0.176. The van der Waals surface area contributed by atoms with Gasteiger partial charge in [0.25, 0.3) is 5.91 Å². The fourth-order valence-corrected chi connectivity index (χ4v) is 2.81. The molecule has 0 aromatic heterocycles. The predicted octanol–water partition coefficient (Wildman–Crippen LogP) is 3.50. The average molecular weight is 472 g/mol. The zero-order chi connectivity index (χ0) is 18.4. The van der Waals surface area contributed by atoms with E-state index in [4.69, 9.17) is 4.74 Å². The molecule has 0 spiro atoms. The average Bonchev–Trinajstić information content (AvgIpc) is 2.63. The molecule has 0 fully saturated rings. The lowest BCUT2D eigenvalue weighted by molar-refractivity contribution is -0.129. The van der Waals surface area contributed by atoms with Gasteiger partial charge in [0.1, 0.15) is 0 Å². The highest BCUT2D eigenvalue weighted by molar-refractivity contribution is 9.13. The highest BCUT2D eigenvalue weighted by Crippen LogP contribution is 2.41. The number of phenolic OH excluding ortho intramolecular Hbond substituents is 1. The van der Waals surface area contributed by atoms with Gasteiger partial charge in [-0.05, 0) is 50.4 Å². The van der Waals surface area contributed by atoms with Gasteiger partial charge in [-0.25, -0.2) is 5.43 Å². The smallest absolute Gasteiger partial charge is 0.273 e. The van der Waals surface area contributed by atoms with Gasteiger partial charge in [-0.1, -0.05) is 30.3 Å². The lowest BCUT2D eigenvalue weighted by Crippen LogP contribution is -2.25. The van der Waals surface area contributed by atoms with E-state index in [1.54, 1.807) is 43.3 Å². The van der Waals surface area contributed by atoms with E-state index >= 15 is 0 Å². The number of benzene rings is 2. The summed E-state index contributed by atoms with van der Waals surface area (Å²) in [5, 5.41) is 23.8. The summed E-state index contributed by atoms with van der Waals surface area (Å²) >= 11 is 6.59. The molecule has 0 saturated carbocycles. The summed E-state index contributed by atoms with van der Waals surface area (Å²) in [7, 11) is 0. The Kier molecular flexibility index (Phi) is 6.98. The second-order valence-electron chi connectivity index (χ2n) is 4.92. The first-order valence-electron chi connectivity index (χ1n) is 7.35. The van der Waals surface area contributed by atoms with Crippen LogP contribution in [0.1, 0.15) is 24.2 Å². The molecule has 132 valence electrons. The number of carbonyl (C=O) groups is 1. The zero-order valence-electron chi connectivity index (χ0n) is 13.2. The SMILES string of the molecule is CCOc1cc(/C=N/NC(=O)C(O)c2ccccc2)c(Br)c(Br)c1O. The highest BCUT2D eigenvalue weighted by Gasteiger charge is 2.17. The number of aliphatic hydroxyl groups is 1. The van der Waals surface area contributed by atoms with Crippen LogP contribution in [0.15, 0.2) is 50.4 Å². The number of halogens is 2. The van der Waals surface area contributed by atoms with Crippen LogP contribution >= 0.6 is 31.9 Å². The van der Waals surface area contributed by atoms with Crippen LogP contribution in [0.4, 0.5) is 0 Å². The van der Waals surface area contributed by atoms with Crippen molar-refractivity contribution in [2.75, 3.05) is 6.61 Å². The van der Waals surface area contributed by atoms with Gasteiger partial charge in [0.15, 0.2) is 17.6 Å². The van der Waals surface area contributed by atoms with Crippen molar-refractivity contribution < 1.29 is 19.7 Å². The molecule has 0 bridgehead atoms. The molecular formula is C17H16Br2N2O4. The third-order valence-corrected chi connectivity index (χ3v) is 5.37. The summed E-state index contributed by atoms with van der Waals surface area (Å²) in [6, 6.07) is 10.1. The standard InChI is InChI=1S/C17H16Br2N2O4/c1-2-25-12-8-11(13(18)14(19)16(12)23)9-20-21-17(24)15(22)10-6-4-3-5-7-10/h3-9,15,22-23H,2H2,1H3,(H,21,24)/b20-9+. The van der Waals surface area contributed by atoms with E-state index in [2.05, 4.69) is 42.4 Å². The van der Waals surface area contributed by atoms with Crippen LogP contribution < -0.4 is 10.2 Å². The number of hydrogen-bond acceptors (Lipinski definition) is 5. The van der Waals surface area contributed by atoms with Gasteiger partial charge in [0, 0.05) is 10.0 Å². The molecule has 0 heterocycles. The molecule has 0 aliphatic rings. The van der Waals surface area contributed by atoms with E-state index in [0.717, 1.165) is 0 Å². The minimum absolute atomic E-state index is 0.0330. The second-order valence-corrected chi connectivity index (χ2v) is 6.51. The summed E-state index contributed by atoms with van der Waals surface area (Å²) in [4.78, 5) is 11.9. The van der Waals surface area contributed by atoms with E-state index in [9.17, 15) is 15.0 Å². The van der Waals surface area contributed by atoms with Crippen molar-refractivity contribution in [3.8, 4) is 11.5 Å². The lowest BCUT2D eigenvalue weighted by atomic mass is 10.1. The molecule has 8 heteroatoms. The van der Waals surface area contributed by atoms with Crippen molar-refractivity contribution in [2.45, 2.75) is 13.0 Å². The van der Waals surface area contributed by atoms with Crippen LogP contribution in [0, 0.1) is 0 Å². The number of nitrogens with one attached hydrogen (secondary N) is 1. The van der Waals surface area contributed by atoms with Crippen molar-refractivity contribution >= 4 is 44.0 Å². The summed E-state index contributed by atoms with van der Waals surface area (Å²) in [5.74, 6) is -0.398. The van der Waals surface area contributed by atoms with Gasteiger partial charge in [-0.15, -0.1) is 0 Å². The van der Waals surface area contributed by atoms with Gasteiger partial charge < -0.3 is 14.9 Å².